The molecule has 0 spiro atoms. The summed E-state index contributed by atoms with van der Waals surface area (Å²) < 4.78 is 17.0. The van der Waals surface area contributed by atoms with E-state index in [2.05, 4.69) is 36.0 Å². The Morgan fingerprint density at radius 1 is 1.06 bits per heavy atom. The molecule has 1 aliphatic heterocycles. The zero-order valence-electron chi connectivity index (χ0n) is 20.4. The molecule has 1 heterocycles. The highest BCUT2D eigenvalue weighted by atomic mass is 16.5. The third-order valence-corrected chi connectivity index (χ3v) is 7.07. The second-order valence-corrected chi connectivity index (χ2v) is 9.76. The van der Waals surface area contributed by atoms with Gasteiger partial charge in [-0.1, -0.05) is 25.3 Å². The molecular formula is C26H44N2O4. The lowest BCUT2D eigenvalue weighted by atomic mass is 9.94. The number of nitrogens with zero attached hydrogens (tertiary/aromatic N) is 2. The average molecular weight is 449 g/mol. The fourth-order valence-electron chi connectivity index (χ4n) is 5.00. The summed E-state index contributed by atoms with van der Waals surface area (Å²) in [5.74, 6) is 2.22. The Morgan fingerprint density at radius 2 is 1.81 bits per heavy atom. The Kier molecular flexibility index (Phi) is 10.6. The van der Waals surface area contributed by atoms with Crippen LogP contribution >= 0.6 is 0 Å². The van der Waals surface area contributed by atoms with E-state index >= 15 is 0 Å². The summed E-state index contributed by atoms with van der Waals surface area (Å²) in [6.45, 7) is 4.72. The molecule has 1 N–H and O–H groups in total. The van der Waals surface area contributed by atoms with E-state index in [0.29, 0.717) is 18.3 Å². The number of hydrogen-bond acceptors (Lipinski definition) is 6. The van der Waals surface area contributed by atoms with E-state index < -0.39 is 6.10 Å². The van der Waals surface area contributed by atoms with Gasteiger partial charge in [-0.2, -0.15) is 0 Å². The molecule has 1 aromatic carbocycles. The summed E-state index contributed by atoms with van der Waals surface area (Å²) in [4.78, 5) is 4.67. The minimum atomic E-state index is -0.511. The molecule has 3 rings (SSSR count). The molecule has 1 saturated carbocycles. The normalized spacial score (nSPS) is 19.4. The van der Waals surface area contributed by atoms with Gasteiger partial charge in [0.05, 0.1) is 7.11 Å². The second kappa shape index (κ2) is 13.4. The van der Waals surface area contributed by atoms with Crippen LogP contribution in [0.2, 0.25) is 0 Å². The minimum Gasteiger partial charge on any atom is -0.493 e. The van der Waals surface area contributed by atoms with E-state index in [1.165, 1.54) is 56.9 Å². The van der Waals surface area contributed by atoms with E-state index in [1.54, 1.807) is 7.11 Å². The quantitative estimate of drug-likeness (QED) is 0.523. The molecule has 2 aliphatic rings. The van der Waals surface area contributed by atoms with E-state index in [0.717, 1.165) is 38.0 Å². The molecule has 32 heavy (non-hydrogen) atoms. The molecule has 6 heteroatoms. The van der Waals surface area contributed by atoms with E-state index in [-0.39, 0.29) is 6.61 Å². The van der Waals surface area contributed by atoms with Crippen LogP contribution in [-0.2, 0) is 11.3 Å². The SMILES string of the molecule is COc1cc(CN(C)CCC2CCOCC2)ccc1OC[C@@H](O)CN(C)C1CCCCC1. The molecule has 2 fully saturated rings. The van der Waals surface area contributed by atoms with Crippen LogP contribution in [0.5, 0.6) is 11.5 Å². The fraction of sp³-hybridized carbons (Fsp3) is 0.769. The molecule has 0 aromatic heterocycles. The number of ether oxygens (including phenoxy) is 3. The number of benzene rings is 1. The van der Waals surface area contributed by atoms with E-state index in [9.17, 15) is 5.11 Å². The number of aliphatic hydroxyl groups is 1. The van der Waals surface area contributed by atoms with Crippen molar-refractivity contribution in [3.8, 4) is 11.5 Å². The molecule has 182 valence electrons. The monoisotopic (exact) mass is 448 g/mol. The minimum absolute atomic E-state index is 0.276. The first-order valence-electron chi connectivity index (χ1n) is 12.5. The Morgan fingerprint density at radius 3 is 2.53 bits per heavy atom. The molecule has 1 atom stereocenters. The van der Waals surface area contributed by atoms with Crippen molar-refractivity contribution in [3.05, 3.63) is 23.8 Å². The van der Waals surface area contributed by atoms with Crippen molar-refractivity contribution in [1.29, 1.82) is 0 Å². The molecule has 1 aromatic rings. The first-order chi connectivity index (χ1) is 15.5. The van der Waals surface area contributed by atoms with Gasteiger partial charge >= 0.3 is 0 Å². The van der Waals surface area contributed by atoms with Crippen molar-refractivity contribution >= 4 is 0 Å². The van der Waals surface area contributed by atoms with Crippen molar-refractivity contribution < 1.29 is 19.3 Å². The van der Waals surface area contributed by atoms with Gasteiger partial charge in [0.2, 0.25) is 0 Å². The Labute approximate surface area is 194 Å². The molecule has 0 radical (unpaired) electrons. The van der Waals surface area contributed by atoms with Gasteiger partial charge in [-0.25, -0.2) is 0 Å². The van der Waals surface area contributed by atoms with Crippen molar-refractivity contribution in [2.75, 3.05) is 54.1 Å². The summed E-state index contributed by atoms with van der Waals surface area (Å²) in [5.41, 5.74) is 1.21. The van der Waals surface area contributed by atoms with Crippen molar-refractivity contribution in [1.82, 2.24) is 9.80 Å². The number of rotatable bonds is 12. The van der Waals surface area contributed by atoms with Gasteiger partial charge in [0, 0.05) is 32.3 Å². The van der Waals surface area contributed by atoms with E-state index in [1.807, 2.05) is 6.07 Å². The van der Waals surface area contributed by atoms with Crippen LogP contribution in [-0.4, -0.2) is 81.2 Å². The first kappa shape index (κ1) is 25.3. The topological polar surface area (TPSA) is 54.4 Å². The van der Waals surface area contributed by atoms with Gasteiger partial charge in [0.1, 0.15) is 12.7 Å². The summed E-state index contributed by atoms with van der Waals surface area (Å²) in [6, 6.07) is 6.72. The predicted octanol–water partition coefficient (Wildman–Crippen LogP) is 3.95. The maximum absolute atomic E-state index is 10.5. The Hall–Kier alpha value is -1.34. The highest BCUT2D eigenvalue weighted by Crippen LogP contribution is 2.29. The zero-order valence-corrected chi connectivity index (χ0v) is 20.4. The van der Waals surface area contributed by atoms with Gasteiger partial charge in [0.25, 0.3) is 0 Å². The van der Waals surface area contributed by atoms with Crippen LogP contribution in [0.15, 0.2) is 18.2 Å². The fourth-order valence-corrected chi connectivity index (χ4v) is 5.00. The zero-order chi connectivity index (χ0) is 22.8. The van der Waals surface area contributed by atoms with Crippen LogP contribution in [0, 0.1) is 5.92 Å². The summed E-state index contributed by atoms with van der Waals surface area (Å²) in [6.07, 6.45) is 9.52. The van der Waals surface area contributed by atoms with Crippen LogP contribution in [0.1, 0.15) is 56.9 Å². The Bertz CT molecular complexity index is 659. The van der Waals surface area contributed by atoms with Gasteiger partial charge in [-0.3, -0.25) is 0 Å². The standard InChI is InChI=1S/C26H44N2O4/c1-27(14-11-21-12-15-31-16-13-21)18-22-9-10-25(26(17-22)30-3)32-20-24(29)19-28(2)23-7-5-4-6-8-23/h9-10,17,21,23-24,29H,4-8,11-16,18-20H2,1-3H3/t24-/m0/s1. The van der Waals surface area contributed by atoms with Gasteiger partial charge in [0.15, 0.2) is 11.5 Å². The summed E-state index contributed by atoms with van der Waals surface area (Å²) in [7, 11) is 5.97. The number of hydrogen-bond donors (Lipinski definition) is 1. The van der Waals surface area contributed by atoms with Gasteiger partial charge in [-0.05, 0) is 76.4 Å². The molecule has 1 aliphatic carbocycles. The van der Waals surface area contributed by atoms with Crippen molar-refractivity contribution in [3.63, 3.8) is 0 Å². The Balaban J connectivity index is 1.43. The molecule has 0 bridgehead atoms. The van der Waals surface area contributed by atoms with Crippen LogP contribution in [0.3, 0.4) is 0 Å². The molecular weight excluding hydrogens is 404 g/mol. The highest BCUT2D eigenvalue weighted by Gasteiger charge is 2.21. The smallest absolute Gasteiger partial charge is 0.161 e. The molecule has 0 amide bonds. The lowest BCUT2D eigenvalue weighted by molar-refractivity contribution is 0.0553. The maximum Gasteiger partial charge on any atom is 0.161 e. The summed E-state index contributed by atoms with van der Waals surface area (Å²) in [5, 5.41) is 10.5. The number of aliphatic hydroxyl groups excluding tert-OH is 1. The first-order valence-corrected chi connectivity index (χ1v) is 12.5. The third kappa shape index (κ3) is 8.22. The van der Waals surface area contributed by atoms with Crippen LogP contribution in [0.4, 0.5) is 0 Å². The summed E-state index contributed by atoms with van der Waals surface area (Å²) >= 11 is 0. The third-order valence-electron chi connectivity index (χ3n) is 7.07. The predicted molar refractivity (Wildman–Crippen MR) is 128 cm³/mol. The van der Waals surface area contributed by atoms with Gasteiger partial charge in [-0.15, -0.1) is 0 Å². The van der Waals surface area contributed by atoms with Crippen molar-refractivity contribution in [2.45, 2.75) is 70.1 Å². The number of methoxy groups -OCH3 is 1. The maximum atomic E-state index is 10.5. The van der Waals surface area contributed by atoms with Crippen LogP contribution in [0.25, 0.3) is 0 Å². The average Bonchev–Trinajstić information content (AvgIpc) is 2.83. The van der Waals surface area contributed by atoms with E-state index in [4.69, 9.17) is 14.2 Å². The van der Waals surface area contributed by atoms with Crippen molar-refractivity contribution in [2.24, 2.45) is 5.92 Å². The molecule has 6 nitrogen and oxygen atoms in total. The number of likely N-dealkylation sites (N-methyl/N-ethyl adjacent to an activating group) is 1. The molecule has 0 unspecified atom stereocenters. The molecule has 1 saturated heterocycles. The second-order valence-electron chi connectivity index (χ2n) is 9.76. The lowest BCUT2D eigenvalue weighted by Gasteiger charge is -2.32. The van der Waals surface area contributed by atoms with Crippen LogP contribution < -0.4 is 9.47 Å². The largest absolute Gasteiger partial charge is 0.493 e. The highest BCUT2D eigenvalue weighted by molar-refractivity contribution is 5.43. The lowest BCUT2D eigenvalue weighted by Crippen LogP contribution is -2.40. The van der Waals surface area contributed by atoms with Gasteiger partial charge < -0.3 is 29.1 Å².